The molecule has 1 saturated heterocycles. The second kappa shape index (κ2) is 5.21. The van der Waals surface area contributed by atoms with E-state index in [0.717, 1.165) is 42.3 Å². The van der Waals surface area contributed by atoms with Gasteiger partial charge in [0.1, 0.15) is 11.9 Å². The van der Waals surface area contributed by atoms with Crippen molar-refractivity contribution in [2.75, 3.05) is 11.9 Å². The molecule has 0 aromatic carbocycles. The smallest absolute Gasteiger partial charge is 0.337 e. The Kier molecular flexibility index (Phi) is 3.90. The lowest BCUT2D eigenvalue weighted by atomic mass is 9.87. The minimum absolute atomic E-state index is 0.183. The molecule has 2 aliphatic rings. The molecule has 2 atom stereocenters. The summed E-state index contributed by atoms with van der Waals surface area (Å²) in [5, 5.41) is 0.836. The maximum absolute atomic E-state index is 11.8. The standard InChI is InChI=1S/C12H17BrO3/c1-2-15-12(14)10-5-3-4-8-6-9(7-13)16-11(8)10/h8-9H,2-7H2,1H3. The third-order valence-corrected chi connectivity index (χ3v) is 3.90. The van der Waals surface area contributed by atoms with Gasteiger partial charge < -0.3 is 9.47 Å². The molecule has 2 rings (SSSR count). The lowest BCUT2D eigenvalue weighted by Crippen LogP contribution is -2.16. The molecule has 0 spiro atoms. The SMILES string of the molecule is CCOC(=O)C1=C2OC(CBr)CC2CCC1. The number of alkyl halides is 1. The quantitative estimate of drug-likeness (QED) is 0.592. The van der Waals surface area contributed by atoms with E-state index in [1.165, 1.54) is 0 Å². The summed E-state index contributed by atoms with van der Waals surface area (Å²) in [6.45, 7) is 2.27. The van der Waals surface area contributed by atoms with Gasteiger partial charge >= 0.3 is 5.97 Å². The third-order valence-electron chi connectivity index (χ3n) is 3.18. The zero-order valence-corrected chi connectivity index (χ0v) is 11.1. The fourth-order valence-electron chi connectivity index (χ4n) is 2.48. The highest BCUT2D eigenvalue weighted by molar-refractivity contribution is 9.09. The van der Waals surface area contributed by atoms with E-state index in [-0.39, 0.29) is 12.1 Å². The van der Waals surface area contributed by atoms with Gasteiger partial charge in [0.2, 0.25) is 0 Å². The minimum Gasteiger partial charge on any atom is -0.493 e. The molecule has 0 aromatic heterocycles. The number of halogens is 1. The van der Waals surface area contributed by atoms with Crippen LogP contribution in [0.3, 0.4) is 0 Å². The highest BCUT2D eigenvalue weighted by atomic mass is 79.9. The number of ether oxygens (including phenoxy) is 2. The number of allylic oxidation sites excluding steroid dienone is 1. The summed E-state index contributed by atoms with van der Waals surface area (Å²) in [6.07, 6.45) is 4.27. The van der Waals surface area contributed by atoms with Gasteiger partial charge in [-0.3, -0.25) is 0 Å². The molecule has 4 heteroatoms. The Bertz CT molecular complexity index is 311. The van der Waals surface area contributed by atoms with Gasteiger partial charge in [-0.25, -0.2) is 4.79 Å². The molecule has 0 N–H and O–H groups in total. The second-order valence-corrected chi connectivity index (χ2v) is 4.93. The predicted molar refractivity (Wildman–Crippen MR) is 64.3 cm³/mol. The second-order valence-electron chi connectivity index (χ2n) is 4.28. The van der Waals surface area contributed by atoms with Crippen molar-refractivity contribution in [1.82, 2.24) is 0 Å². The summed E-state index contributed by atoms with van der Waals surface area (Å²) in [4.78, 5) is 11.8. The number of hydrogen-bond donors (Lipinski definition) is 0. The minimum atomic E-state index is -0.183. The zero-order valence-electron chi connectivity index (χ0n) is 9.50. The van der Waals surface area contributed by atoms with Crippen LogP contribution in [0.5, 0.6) is 0 Å². The molecule has 0 radical (unpaired) electrons. The van der Waals surface area contributed by atoms with E-state index in [9.17, 15) is 4.79 Å². The van der Waals surface area contributed by atoms with Crippen LogP contribution >= 0.6 is 15.9 Å². The first kappa shape index (κ1) is 12.0. The molecule has 0 saturated carbocycles. The first-order valence-corrected chi connectivity index (χ1v) is 7.01. The molecule has 1 aliphatic carbocycles. The topological polar surface area (TPSA) is 35.5 Å². The number of hydrogen-bond acceptors (Lipinski definition) is 3. The van der Waals surface area contributed by atoms with Gasteiger partial charge in [-0.2, -0.15) is 0 Å². The zero-order chi connectivity index (χ0) is 11.5. The Morgan fingerprint density at radius 1 is 1.62 bits per heavy atom. The summed E-state index contributed by atoms with van der Waals surface area (Å²) in [6, 6.07) is 0. The third kappa shape index (κ3) is 2.26. The van der Waals surface area contributed by atoms with Crippen molar-refractivity contribution < 1.29 is 14.3 Å². The van der Waals surface area contributed by atoms with Gasteiger partial charge in [-0.15, -0.1) is 0 Å². The molecule has 90 valence electrons. The average molecular weight is 289 g/mol. The van der Waals surface area contributed by atoms with Gasteiger partial charge in [0.25, 0.3) is 0 Å². The monoisotopic (exact) mass is 288 g/mol. The Morgan fingerprint density at radius 3 is 3.12 bits per heavy atom. The van der Waals surface area contributed by atoms with Crippen molar-refractivity contribution in [3.05, 3.63) is 11.3 Å². The maximum atomic E-state index is 11.8. The van der Waals surface area contributed by atoms with Crippen LogP contribution in [0.4, 0.5) is 0 Å². The van der Waals surface area contributed by atoms with Gasteiger partial charge in [-0.05, 0) is 32.6 Å². The summed E-state index contributed by atoms with van der Waals surface area (Å²) in [7, 11) is 0. The Morgan fingerprint density at radius 2 is 2.44 bits per heavy atom. The van der Waals surface area contributed by atoms with Gasteiger partial charge in [0, 0.05) is 11.2 Å². The fourth-order valence-corrected chi connectivity index (χ4v) is 2.88. The number of carbonyl (C=O) groups excluding carboxylic acids is 1. The number of carbonyl (C=O) groups is 1. The molecule has 1 aliphatic heterocycles. The van der Waals surface area contributed by atoms with Crippen LogP contribution in [-0.2, 0) is 14.3 Å². The van der Waals surface area contributed by atoms with Crippen LogP contribution in [0.2, 0.25) is 0 Å². The van der Waals surface area contributed by atoms with Crippen molar-refractivity contribution in [3.63, 3.8) is 0 Å². The van der Waals surface area contributed by atoms with Crippen LogP contribution in [0, 0.1) is 5.92 Å². The molecule has 0 aromatic rings. The van der Waals surface area contributed by atoms with Crippen LogP contribution in [-0.4, -0.2) is 24.0 Å². The van der Waals surface area contributed by atoms with Crippen molar-refractivity contribution in [3.8, 4) is 0 Å². The first-order valence-electron chi connectivity index (χ1n) is 5.89. The van der Waals surface area contributed by atoms with Gasteiger partial charge in [0.05, 0.1) is 12.2 Å². The molecule has 1 fully saturated rings. The molecule has 3 nitrogen and oxygen atoms in total. The summed E-state index contributed by atoms with van der Waals surface area (Å²) in [5.41, 5.74) is 0.779. The van der Waals surface area contributed by atoms with Crippen molar-refractivity contribution in [1.29, 1.82) is 0 Å². The summed E-state index contributed by atoms with van der Waals surface area (Å²) >= 11 is 3.43. The van der Waals surface area contributed by atoms with Crippen molar-refractivity contribution >= 4 is 21.9 Å². The van der Waals surface area contributed by atoms with E-state index in [1.54, 1.807) is 0 Å². The van der Waals surface area contributed by atoms with Crippen LogP contribution in [0.1, 0.15) is 32.6 Å². The molecule has 0 amide bonds. The lowest BCUT2D eigenvalue weighted by molar-refractivity contribution is -0.139. The highest BCUT2D eigenvalue weighted by Gasteiger charge is 2.37. The Hall–Kier alpha value is -0.510. The van der Waals surface area contributed by atoms with Crippen LogP contribution in [0.25, 0.3) is 0 Å². The van der Waals surface area contributed by atoms with Gasteiger partial charge in [0.15, 0.2) is 0 Å². The van der Waals surface area contributed by atoms with E-state index in [4.69, 9.17) is 9.47 Å². The van der Waals surface area contributed by atoms with Crippen molar-refractivity contribution in [2.45, 2.75) is 38.7 Å². The van der Waals surface area contributed by atoms with E-state index in [2.05, 4.69) is 15.9 Å². The largest absolute Gasteiger partial charge is 0.493 e. The molecule has 1 heterocycles. The highest BCUT2D eigenvalue weighted by Crippen LogP contribution is 2.41. The average Bonchev–Trinajstić information content (AvgIpc) is 2.71. The first-order chi connectivity index (χ1) is 7.76. The van der Waals surface area contributed by atoms with E-state index < -0.39 is 0 Å². The van der Waals surface area contributed by atoms with Crippen molar-refractivity contribution in [2.24, 2.45) is 5.92 Å². The van der Waals surface area contributed by atoms with Crippen LogP contribution in [0.15, 0.2) is 11.3 Å². The molecular weight excluding hydrogens is 272 g/mol. The summed E-state index contributed by atoms with van der Waals surface area (Å²) in [5.74, 6) is 1.17. The maximum Gasteiger partial charge on any atom is 0.337 e. The normalized spacial score (nSPS) is 28.6. The number of rotatable bonds is 3. The predicted octanol–water partition coefficient (Wildman–Crippen LogP) is 2.79. The number of esters is 1. The lowest BCUT2D eigenvalue weighted by Gasteiger charge is -2.20. The van der Waals surface area contributed by atoms with E-state index in [0.29, 0.717) is 12.5 Å². The molecular formula is C12H17BrO3. The van der Waals surface area contributed by atoms with Crippen LogP contribution < -0.4 is 0 Å². The Labute approximate surface area is 104 Å². The summed E-state index contributed by atoms with van der Waals surface area (Å²) < 4.78 is 10.9. The van der Waals surface area contributed by atoms with E-state index >= 15 is 0 Å². The molecule has 0 bridgehead atoms. The van der Waals surface area contributed by atoms with E-state index in [1.807, 2.05) is 6.92 Å². The molecule has 16 heavy (non-hydrogen) atoms. The van der Waals surface area contributed by atoms with Gasteiger partial charge in [-0.1, -0.05) is 15.9 Å². The Balaban J connectivity index is 2.18. The molecule has 2 unspecified atom stereocenters. The fraction of sp³-hybridized carbons (Fsp3) is 0.750. The number of fused-ring (bicyclic) bond motifs is 1.